The Bertz CT molecular complexity index is 1090. The van der Waals surface area contributed by atoms with Crippen molar-refractivity contribution in [3.05, 3.63) is 64.8 Å². The fraction of sp³-hybridized carbons (Fsp3) is 0.263. The van der Waals surface area contributed by atoms with Crippen LogP contribution >= 0.6 is 11.6 Å². The van der Waals surface area contributed by atoms with Crippen molar-refractivity contribution in [3.8, 4) is 5.69 Å². The van der Waals surface area contributed by atoms with Crippen LogP contribution in [-0.2, 0) is 6.18 Å². The van der Waals surface area contributed by atoms with Crippen molar-refractivity contribution in [3.63, 3.8) is 0 Å². The van der Waals surface area contributed by atoms with Gasteiger partial charge in [0.2, 0.25) is 0 Å². The van der Waals surface area contributed by atoms with Crippen molar-refractivity contribution in [2.45, 2.75) is 6.18 Å². The first-order valence-corrected chi connectivity index (χ1v) is 9.57. The van der Waals surface area contributed by atoms with Crippen LogP contribution in [0.2, 0.25) is 5.02 Å². The summed E-state index contributed by atoms with van der Waals surface area (Å²) in [6.45, 7) is 1.00. The molecule has 1 aliphatic heterocycles. The first-order valence-electron chi connectivity index (χ1n) is 9.19. The molecule has 1 aliphatic rings. The maximum Gasteiger partial charge on any atom is 0.435 e. The molecule has 2 aromatic heterocycles. The number of carbonyl (C=O) groups is 1. The highest BCUT2D eigenvalue weighted by atomic mass is 35.5. The summed E-state index contributed by atoms with van der Waals surface area (Å²) in [5, 5.41) is 7.47. The molecule has 0 N–H and O–H groups in total. The molecule has 0 radical (unpaired) electrons. The molecule has 1 fully saturated rings. The van der Waals surface area contributed by atoms with Gasteiger partial charge in [-0.2, -0.15) is 13.2 Å². The summed E-state index contributed by atoms with van der Waals surface area (Å²) in [6.07, 6.45) is -3.31. The molecule has 3 heterocycles. The molecule has 12 heteroatoms. The van der Waals surface area contributed by atoms with Crippen molar-refractivity contribution in [2.75, 3.05) is 31.1 Å². The number of anilines is 1. The molecule has 1 amide bonds. The standard InChI is InChI=1S/C19H15ClF4N6O/c20-14-2-1-7-25-17(14)28-8-10-29(11-9-28)18(31)15-16(19(22,23)24)30(27-26-15)13-5-3-12(21)4-6-13/h1-7H,8-11H2. The van der Waals surface area contributed by atoms with Crippen LogP contribution in [0, 0.1) is 5.82 Å². The van der Waals surface area contributed by atoms with E-state index in [2.05, 4.69) is 15.3 Å². The Kier molecular flexibility index (Phi) is 5.52. The summed E-state index contributed by atoms with van der Waals surface area (Å²) in [5.74, 6) is -0.943. The third kappa shape index (κ3) is 4.18. The van der Waals surface area contributed by atoms with Gasteiger partial charge in [0.1, 0.15) is 11.6 Å². The molecule has 1 aromatic carbocycles. The molecule has 31 heavy (non-hydrogen) atoms. The minimum Gasteiger partial charge on any atom is -0.352 e. The molecular formula is C19H15ClF4N6O. The predicted octanol–water partition coefficient (Wildman–Crippen LogP) is 3.44. The van der Waals surface area contributed by atoms with Crippen LogP contribution < -0.4 is 4.90 Å². The van der Waals surface area contributed by atoms with Crippen LogP contribution in [0.25, 0.3) is 5.69 Å². The van der Waals surface area contributed by atoms with Crippen molar-refractivity contribution in [1.82, 2.24) is 24.9 Å². The van der Waals surface area contributed by atoms with Gasteiger partial charge in [-0.3, -0.25) is 4.79 Å². The third-order valence-electron chi connectivity index (χ3n) is 4.82. The molecule has 3 aromatic rings. The molecule has 0 bridgehead atoms. The lowest BCUT2D eigenvalue weighted by Crippen LogP contribution is -2.49. The lowest BCUT2D eigenvalue weighted by molar-refractivity contribution is -0.143. The second-order valence-electron chi connectivity index (χ2n) is 6.76. The highest BCUT2D eigenvalue weighted by Gasteiger charge is 2.43. The first kappa shape index (κ1) is 21.0. The van der Waals surface area contributed by atoms with Gasteiger partial charge >= 0.3 is 6.18 Å². The fourth-order valence-corrected chi connectivity index (χ4v) is 3.57. The zero-order chi connectivity index (χ0) is 22.2. The number of benzene rings is 1. The molecular weight excluding hydrogens is 440 g/mol. The Labute approximate surface area is 178 Å². The highest BCUT2D eigenvalue weighted by molar-refractivity contribution is 6.32. The van der Waals surface area contributed by atoms with Crippen LogP contribution in [0.1, 0.15) is 16.2 Å². The lowest BCUT2D eigenvalue weighted by Gasteiger charge is -2.35. The Balaban J connectivity index is 1.58. The highest BCUT2D eigenvalue weighted by Crippen LogP contribution is 2.33. The smallest absolute Gasteiger partial charge is 0.352 e. The Morgan fingerprint density at radius 2 is 1.71 bits per heavy atom. The molecule has 0 atom stereocenters. The molecule has 4 rings (SSSR count). The monoisotopic (exact) mass is 454 g/mol. The van der Waals surface area contributed by atoms with E-state index in [0.29, 0.717) is 28.6 Å². The van der Waals surface area contributed by atoms with E-state index in [1.807, 2.05) is 4.90 Å². The number of piperazine rings is 1. The summed E-state index contributed by atoms with van der Waals surface area (Å²) in [4.78, 5) is 20.2. The summed E-state index contributed by atoms with van der Waals surface area (Å²) >= 11 is 6.14. The zero-order valence-electron chi connectivity index (χ0n) is 15.9. The molecule has 1 saturated heterocycles. The third-order valence-corrected chi connectivity index (χ3v) is 5.11. The average Bonchev–Trinajstić information content (AvgIpc) is 3.20. The van der Waals surface area contributed by atoms with E-state index >= 15 is 0 Å². The number of hydrogen-bond donors (Lipinski definition) is 0. The molecule has 0 unspecified atom stereocenters. The topological polar surface area (TPSA) is 67.2 Å². The Morgan fingerprint density at radius 3 is 2.32 bits per heavy atom. The second-order valence-corrected chi connectivity index (χ2v) is 7.17. The van der Waals surface area contributed by atoms with Gasteiger partial charge in [0.25, 0.3) is 5.91 Å². The average molecular weight is 455 g/mol. The van der Waals surface area contributed by atoms with E-state index < -0.39 is 29.3 Å². The SMILES string of the molecule is O=C(c1nnn(-c2ccc(F)cc2)c1C(F)(F)F)N1CCN(c2ncccc2Cl)CC1. The second kappa shape index (κ2) is 8.14. The predicted molar refractivity (Wildman–Crippen MR) is 104 cm³/mol. The van der Waals surface area contributed by atoms with Crippen molar-refractivity contribution >= 4 is 23.3 Å². The molecule has 162 valence electrons. The molecule has 0 spiro atoms. The molecule has 0 saturated carbocycles. The van der Waals surface area contributed by atoms with Gasteiger partial charge in [-0.1, -0.05) is 16.8 Å². The van der Waals surface area contributed by atoms with Gasteiger partial charge < -0.3 is 9.80 Å². The number of hydrogen-bond acceptors (Lipinski definition) is 5. The van der Waals surface area contributed by atoms with Gasteiger partial charge in [0.15, 0.2) is 11.4 Å². The number of pyridine rings is 1. The normalized spacial score (nSPS) is 14.7. The van der Waals surface area contributed by atoms with Crippen LogP contribution in [0.3, 0.4) is 0 Å². The van der Waals surface area contributed by atoms with E-state index in [-0.39, 0.29) is 18.8 Å². The lowest BCUT2D eigenvalue weighted by atomic mass is 10.2. The maximum absolute atomic E-state index is 13.8. The Hall–Kier alpha value is -3.21. The molecule has 0 aliphatic carbocycles. The van der Waals surface area contributed by atoms with Gasteiger partial charge in [0, 0.05) is 32.4 Å². The quantitative estimate of drug-likeness (QED) is 0.567. The van der Waals surface area contributed by atoms with Crippen LogP contribution in [0.5, 0.6) is 0 Å². The number of halogens is 5. The van der Waals surface area contributed by atoms with E-state index in [9.17, 15) is 22.4 Å². The first-order chi connectivity index (χ1) is 14.8. The van der Waals surface area contributed by atoms with Crippen molar-refractivity contribution in [2.24, 2.45) is 0 Å². The number of nitrogens with zero attached hydrogens (tertiary/aromatic N) is 6. The Morgan fingerprint density at radius 1 is 1.03 bits per heavy atom. The number of carbonyl (C=O) groups excluding carboxylic acids is 1. The fourth-order valence-electron chi connectivity index (χ4n) is 3.32. The van der Waals surface area contributed by atoms with Crippen molar-refractivity contribution < 1.29 is 22.4 Å². The van der Waals surface area contributed by atoms with E-state index in [4.69, 9.17) is 11.6 Å². The summed E-state index contributed by atoms with van der Waals surface area (Å²) < 4.78 is 55.0. The van der Waals surface area contributed by atoms with Gasteiger partial charge in [-0.15, -0.1) is 5.10 Å². The number of aromatic nitrogens is 4. The van der Waals surface area contributed by atoms with Crippen LogP contribution in [-0.4, -0.2) is 57.0 Å². The minimum absolute atomic E-state index is 0.0603. The van der Waals surface area contributed by atoms with E-state index in [1.54, 1.807) is 18.3 Å². The van der Waals surface area contributed by atoms with E-state index in [0.717, 1.165) is 24.3 Å². The van der Waals surface area contributed by atoms with Crippen LogP contribution in [0.15, 0.2) is 42.6 Å². The summed E-state index contributed by atoms with van der Waals surface area (Å²) in [7, 11) is 0. The zero-order valence-corrected chi connectivity index (χ0v) is 16.6. The summed E-state index contributed by atoms with van der Waals surface area (Å²) in [6, 6.07) is 7.63. The number of rotatable bonds is 3. The van der Waals surface area contributed by atoms with Gasteiger partial charge in [-0.05, 0) is 36.4 Å². The van der Waals surface area contributed by atoms with Gasteiger partial charge in [0.05, 0.1) is 10.7 Å². The summed E-state index contributed by atoms with van der Waals surface area (Å²) in [5.41, 5.74) is -2.17. The largest absolute Gasteiger partial charge is 0.435 e. The van der Waals surface area contributed by atoms with E-state index in [1.165, 1.54) is 4.90 Å². The molecule has 7 nitrogen and oxygen atoms in total. The maximum atomic E-state index is 13.8. The minimum atomic E-state index is -4.90. The van der Waals surface area contributed by atoms with Crippen molar-refractivity contribution in [1.29, 1.82) is 0 Å². The van der Waals surface area contributed by atoms with Crippen LogP contribution in [0.4, 0.5) is 23.4 Å². The number of alkyl halides is 3. The van der Waals surface area contributed by atoms with Gasteiger partial charge in [-0.25, -0.2) is 14.1 Å². The number of amides is 1.